The molecule has 5 heteroatoms. The third-order valence-electron chi connectivity index (χ3n) is 2.42. The smallest absolute Gasteiger partial charge is 0.148 e. The molecule has 0 saturated heterocycles. The van der Waals surface area contributed by atoms with Crippen LogP contribution in [0.1, 0.15) is 5.56 Å². The fourth-order valence-electron chi connectivity index (χ4n) is 1.63. The number of nitrogens with zero attached hydrogens (tertiary/aromatic N) is 2. The quantitative estimate of drug-likeness (QED) is 0.722. The predicted molar refractivity (Wildman–Crippen MR) is 69.1 cm³/mol. The van der Waals surface area contributed by atoms with Gasteiger partial charge in [0.15, 0.2) is 0 Å². The number of benzene rings is 1. The van der Waals surface area contributed by atoms with Crippen LogP contribution in [0.15, 0.2) is 30.3 Å². The first kappa shape index (κ1) is 10.3. The van der Waals surface area contributed by atoms with Crippen molar-refractivity contribution in [1.82, 2.24) is 9.97 Å². The van der Waals surface area contributed by atoms with Gasteiger partial charge in [0, 0.05) is 0 Å². The molecule has 1 N–H and O–H groups in total. The number of nitriles is 1. The van der Waals surface area contributed by atoms with E-state index in [0.29, 0.717) is 5.56 Å². The largest absolute Gasteiger partial charge is 0.337 e. The zero-order valence-corrected chi connectivity index (χ0v) is 10.1. The molecule has 3 rings (SSSR count). The number of hydrogen-bond acceptors (Lipinski definition) is 3. The van der Waals surface area contributed by atoms with E-state index >= 15 is 0 Å². The minimum absolute atomic E-state index is 0.611. The van der Waals surface area contributed by atoms with Gasteiger partial charge in [0.05, 0.1) is 31.9 Å². The minimum atomic E-state index is 0.611. The minimum Gasteiger partial charge on any atom is -0.337 e. The second-order valence-corrected chi connectivity index (χ2v) is 5.25. The summed E-state index contributed by atoms with van der Waals surface area (Å²) in [6.45, 7) is 0. The summed E-state index contributed by atoms with van der Waals surface area (Å²) in [7, 11) is 0. The lowest BCUT2D eigenvalue weighted by Crippen LogP contribution is -1.73. The molecular weight excluding hydrogens is 254 g/mol. The summed E-state index contributed by atoms with van der Waals surface area (Å²) in [6, 6.07) is 11.3. The molecule has 0 aliphatic carbocycles. The Hall–Kier alpha value is -1.83. The van der Waals surface area contributed by atoms with E-state index in [9.17, 15) is 0 Å². The van der Waals surface area contributed by atoms with Crippen LogP contribution in [0.25, 0.3) is 21.7 Å². The van der Waals surface area contributed by atoms with Crippen molar-refractivity contribution in [3.63, 3.8) is 0 Å². The lowest BCUT2D eigenvalue weighted by Gasteiger charge is -1.87. The molecule has 0 atom stereocenters. The number of hydrogen-bond donors (Lipinski definition) is 1. The van der Waals surface area contributed by atoms with Crippen molar-refractivity contribution in [2.24, 2.45) is 0 Å². The number of rotatable bonds is 1. The molecule has 2 aromatic heterocycles. The van der Waals surface area contributed by atoms with Crippen LogP contribution in [0.2, 0.25) is 4.34 Å². The number of imidazole rings is 1. The van der Waals surface area contributed by atoms with Gasteiger partial charge in [-0.25, -0.2) is 4.98 Å². The molecule has 0 fully saturated rings. The van der Waals surface area contributed by atoms with Gasteiger partial charge in [0.25, 0.3) is 0 Å². The van der Waals surface area contributed by atoms with Crippen LogP contribution >= 0.6 is 22.9 Å². The second kappa shape index (κ2) is 3.88. The van der Waals surface area contributed by atoms with Crippen molar-refractivity contribution < 1.29 is 0 Å². The Morgan fingerprint density at radius 3 is 2.88 bits per heavy atom. The third kappa shape index (κ3) is 1.80. The topological polar surface area (TPSA) is 52.5 Å². The van der Waals surface area contributed by atoms with Crippen LogP contribution in [0.3, 0.4) is 0 Å². The van der Waals surface area contributed by atoms with Crippen LogP contribution in [0, 0.1) is 11.3 Å². The molecule has 0 aliphatic heterocycles. The Morgan fingerprint density at radius 2 is 2.18 bits per heavy atom. The number of fused-ring (bicyclic) bond motifs is 1. The first-order chi connectivity index (χ1) is 8.26. The highest BCUT2D eigenvalue weighted by molar-refractivity contribution is 7.19. The van der Waals surface area contributed by atoms with E-state index < -0.39 is 0 Å². The Kier molecular flexibility index (Phi) is 2.36. The summed E-state index contributed by atoms with van der Waals surface area (Å²) in [4.78, 5) is 8.65. The van der Waals surface area contributed by atoms with Gasteiger partial charge in [-0.2, -0.15) is 5.26 Å². The summed E-state index contributed by atoms with van der Waals surface area (Å²) >= 11 is 7.36. The number of thiophene rings is 1. The molecule has 17 heavy (non-hydrogen) atoms. The van der Waals surface area contributed by atoms with Gasteiger partial charge in [-0.3, -0.25) is 0 Å². The van der Waals surface area contributed by atoms with Crippen LogP contribution in [0.4, 0.5) is 0 Å². The molecule has 82 valence electrons. The number of halogens is 1. The first-order valence-electron chi connectivity index (χ1n) is 4.92. The molecule has 0 aliphatic rings. The van der Waals surface area contributed by atoms with E-state index in [1.807, 2.05) is 18.2 Å². The molecule has 0 unspecified atom stereocenters. The van der Waals surface area contributed by atoms with Gasteiger partial charge in [-0.05, 0) is 30.3 Å². The summed E-state index contributed by atoms with van der Waals surface area (Å²) < 4.78 is 0.734. The molecule has 3 nitrogen and oxygen atoms in total. The summed E-state index contributed by atoms with van der Waals surface area (Å²) in [5, 5.41) is 8.82. The van der Waals surface area contributed by atoms with E-state index in [2.05, 4.69) is 16.0 Å². The molecule has 2 heterocycles. The fourth-order valence-corrected chi connectivity index (χ4v) is 2.62. The van der Waals surface area contributed by atoms with Gasteiger partial charge in [-0.1, -0.05) is 11.6 Å². The van der Waals surface area contributed by atoms with Gasteiger partial charge in [0.2, 0.25) is 0 Å². The Balaban J connectivity index is 2.17. The van der Waals surface area contributed by atoms with Crippen LogP contribution in [0.5, 0.6) is 0 Å². The van der Waals surface area contributed by atoms with Crippen LogP contribution < -0.4 is 0 Å². The van der Waals surface area contributed by atoms with E-state index in [4.69, 9.17) is 16.9 Å². The predicted octanol–water partition coefficient (Wildman–Crippen LogP) is 3.82. The lowest BCUT2D eigenvalue weighted by molar-refractivity contribution is 1.36. The van der Waals surface area contributed by atoms with E-state index in [1.165, 1.54) is 11.3 Å². The maximum absolute atomic E-state index is 8.82. The highest BCUT2D eigenvalue weighted by Crippen LogP contribution is 2.30. The monoisotopic (exact) mass is 259 g/mol. The average molecular weight is 260 g/mol. The zero-order valence-electron chi connectivity index (χ0n) is 8.57. The van der Waals surface area contributed by atoms with Crippen molar-refractivity contribution in [2.75, 3.05) is 0 Å². The third-order valence-corrected chi connectivity index (χ3v) is 3.66. The van der Waals surface area contributed by atoms with Gasteiger partial charge in [0.1, 0.15) is 5.82 Å². The number of H-pyrrole nitrogens is 1. The zero-order chi connectivity index (χ0) is 11.8. The van der Waals surface area contributed by atoms with Crippen LogP contribution in [-0.2, 0) is 0 Å². The molecule has 0 spiro atoms. The molecule has 0 saturated carbocycles. The van der Waals surface area contributed by atoms with E-state index in [-0.39, 0.29) is 0 Å². The number of nitrogens with one attached hydrogen (secondary N) is 1. The first-order valence-corrected chi connectivity index (χ1v) is 6.11. The summed E-state index contributed by atoms with van der Waals surface area (Å²) in [5.41, 5.74) is 2.33. The molecule has 0 amide bonds. The number of aromatic nitrogens is 2. The Bertz CT molecular complexity index is 736. The van der Waals surface area contributed by atoms with Gasteiger partial charge >= 0.3 is 0 Å². The Labute approximate surface area is 106 Å². The van der Waals surface area contributed by atoms with E-state index in [1.54, 1.807) is 12.1 Å². The van der Waals surface area contributed by atoms with Crippen molar-refractivity contribution in [1.29, 1.82) is 5.26 Å². The van der Waals surface area contributed by atoms with Crippen molar-refractivity contribution in [2.45, 2.75) is 0 Å². The van der Waals surface area contributed by atoms with Crippen molar-refractivity contribution in [3.8, 4) is 16.8 Å². The normalized spacial score (nSPS) is 10.6. The molecule has 0 bridgehead atoms. The maximum atomic E-state index is 8.82. The molecular formula is C12H6ClN3S. The highest BCUT2D eigenvalue weighted by Gasteiger charge is 2.07. The second-order valence-electron chi connectivity index (χ2n) is 3.53. The van der Waals surface area contributed by atoms with Crippen molar-refractivity contribution in [3.05, 3.63) is 40.2 Å². The standard InChI is InChI=1S/C12H6ClN3S/c13-11-4-3-10(17-11)12-15-8-2-1-7(6-14)5-9(8)16-12/h1-5H,(H,15,16). The molecule has 1 aromatic carbocycles. The SMILES string of the molecule is N#Cc1ccc2[nH]c(-c3ccc(Cl)s3)nc2c1. The van der Waals surface area contributed by atoms with Gasteiger partial charge in [-0.15, -0.1) is 11.3 Å². The van der Waals surface area contributed by atoms with Crippen LogP contribution in [-0.4, -0.2) is 9.97 Å². The average Bonchev–Trinajstić information content (AvgIpc) is 2.93. The van der Waals surface area contributed by atoms with Gasteiger partial charge < -0.3 is 4.98 Å². The molecule has 3 aromatic rings. The fraction of sp³-hybridized carbons (Fsp3) is 0. The highest BCUT2D eigenvalue weighted by atomic mass is 35.5. The number of aromatic amines is 1. The summed E-state index contributed by atoms with van der Waals surface area (Å²) in [6.07, 6.45) is 0. The maximum Gasteiger partial charge on any atom is 0.148 e. The molecule has 0 radical (unpaired) electrons. The van der Waals surface area contributed by atoms with Crippen molar-refractivity contribution >= 4 is 34.0 Å². The Morgan fingerprint density at radius 1 is 1.29 bits per heavy atom. The lowest BCUT2D eigenvalue weighted by atomic mass is 10.2. The van der Waals surface area contributed by atoms with E-state index in [0.717, 1.165) is 26.1 Å². The summed E-state index contributed by atoms with van der Waals surface area (Å²) in [5.74, 6) is 0.784.